The summed E-state index contributed by atoms with van der Waals surface area (Å²) in [7, 11) is 0. The molecule has 0 bridgehead atoms. The molecule has 0 aromatic rings. The van der Waals surface area contributed by atoms with Gasteiger partial charge in [-0.25, -0.2) is 4.39 Å². The maximum atomic E-state index is 13.4. The molecule has 0 unspecified atom stereocenters. The van der Waals surface area contributed by atoms with Gasteiger partial charge >= 0.3 is 0 Å². The first kappa shape index (κ1) is 12.1. The van der Waals surface area contributed by atoms with Crippen LogP contribution in [-0.2, 0) is 0 Å². The number of hydrogen-bond donors (Lipinski definition) is 2. The lowest BCUT2D eigenvalue weighted by atomic mass is 9.80. The molecule has 74 valence electrons. The molecule has 1 rings (SSSR count). The van der Waals surface area contributed by atoms with E-state index in [0.717, 1.165) is 12.8 Å². The topological polar surface area (TPSA) is 46.2 Å². The zero-order valence-corrected chi connectivity index (χ0v) is 7.95. The zero-order chi connectivity index (χ0) is 8.32. The minimum Gasteiger partial charge on any atom is -0.396 e. The van der Waals surface area contributed by atoms with E-state index in [-0.39, 0.29) is 25.6 Å². The first-order valence-electron chi connectivity index (χ1n) is 4.20. The maximum absolute atomic E-state index is 13.4. The highest BCUT2D eigenvalue weighted by atomic mass is 35.5. The zero-order valence-electron chi connectivity index (χ0n) is 7.13. The molecule has 1 aliphatic carbocycles. The molecule has 0 aromatic carbocycles. The number of hydrogen-bond acceptors (Lipinski definition) is 2. The van der Waals surface area contributed by atoms with E-state index in [1.807, 2.05) is 0 Å². The fourth-order valence-electron chi connectivity index (χ4n) is 1.58. The normalized spacial score (nSPS) is 35.8. The van der Waals surface area contributed by atoms with Crippen LogP contribution in [0.2, 0.25) is 0 Å². The lowest BCUT2D eigenvalue weighted by Crippen LogP contribution is -2.37. The molecule has 0 atom stereocenters. The van der Waals surface area contributed by atoms with Gasteiger partial charge in [-0.15, -0.1) is 12.4 Å². The highest BCUT2D eigenvalue weighted by Crippen LogP contribution is 2.33. The average Bonchev–Trinajstić information content (AvgIpc) is 2.06. The Morgan fingerprint density at radius 1 is 1.42 bits per heavy atom. The Morgan fingerprint density at radius 3 is 2.25 bits per heavy atom. The molecule has 0 saturated heterocycles. The summed E-state index contributed by atoms with van der Waals surface area (Å²) in [6.45, 7) is 0.325. The van der Waals surface area contributed by atoms with Crippen LogP contribution in [0.3, 0.4) is 0 Å². The summed E-state index contributed by atoms with van der Waals surface area (Å²) in [5, 5.41) is 8.78. The molecule has 3 N–H and O–H groups in total. The van der Waals surface area contributed by atoms with Gasteiger partial charge in [-0.1, -0.05) is 0 Å². The predicted octanol–water partition coefficient (Wildman–Crippen LogP) is 1.26. The second-order valence-corrected chi connectivity index (χ2v) is 3.48. The Bertz CT molecular complexity index is 126. The molecule has 12 heavy (non-hydrogen) atoms. The molecule has 4 heteroatoms. The summed E-state index contributed by atoms with van der Waals surface area (Å²) in [5.74, 6) is 0.311. The smallest absolute Gasteiger partial charge is 0.123 e. The summed E-state index contributed by atoms with van der Waals surface area (Å²) >= 11 is 0. The van der Waals surface area contributed by atoms with Crippen LogP contribution in [0, 0.1) is 5.92 Å². The summed E-state index contributed by atoms with van der Waals surface area (Å²) in [4.78, 5) is 0. The van der Waals surface area contributed by atoms with Crippen LogP contribution in [0.15, 0.2) is 0 Å². The SMILES string of the molecule is Cl.NCC1(F)CCC(CO)CC1. The van der Waals surface area contributed by atoms with Crippen LogP contribution >= 0.6 is 12.4 Å². The highest BCUT2D eigenvalue weighted by molar-refractivity contribution is 5.85. The number of aliphatic hydroxyl groups is 1. The van der Waals surface area contributed by atoms with E-state index < -0.39 is 5.67 Å². The molecule has 0 spiro atoms. The van der Waals surface area contributed by atoms with Gasteiger partial charge in [0.2, 0.25) is 0 Å². The van der Waals surface area contributed by atoms with E-state index in [9.17, 15) is 4.39 Å². The Kier molecular flexibility index (Phi) is 5.06. The van der Waals surface area contributed by atoms with Crippen LogP contribution < -0.4 is 5.73 Å². The summed E-state index contributed by atoms with van der Waals surface area (Å²) in [6.07, 6.45) is 2.61. The largest absolute Gasteiger partial charge is 0.396 e. The first-order chi connectivity index (χ1) is 5.20. The lowest BCUT2D eigenvalue weighted by molar-refractivity contribution is 0.0713. The molecule has 1 saturated carbocycles. The van der Waals surface area contributed by atoms with Crippen molar-refractivity contribution in [1.29, 1.82) is 0 Å². The Balaban J connectivity index is 0.00000121. The van der Waals surface area contributed by atoms with Gasteiger partial charge in [-0.2, -0.15) is 0 Å². The van der Waals surface area contributed by atoms with Crippen LogP contribution in [0.1, 0.15) is 25.7 Å². The van der Waals surface area contributed by atoms with E-state index >= 15 is 0 Å². The van der Waals surface area contributed by atoms with Crippen molar-refractivity contribution in [3.8, 4) is 0 Å². The van der Waals surface area contributed by atoms with Gasteiger partial charge in [-0.3, -0.25) is 0 Å². The fraction of sp³-hybridized carbons (Fsp3) is 1.00. The Labute approximate surface area is 78.7 Å². The van der Waals surface area contributed by atoms with Crippen molar-refractivity contribution in [1.82, 2.24) is 0 Å². The lowest BCUT2D eigenvalue weighted by Gasteiger charge is -2.31. The molecule has 2 nitrogen and oxygen atoms in total. The second-order valence-electron chi connectivity index (χ2n) is 3.48. The maximum Gasteiger partial charge on any atom is 0.123 e. The third-order valence-electron chi connectivity index (χ3n) is 2.63. The monoisotopic (exact) mass is 197 g/mol. The van der Waals surface area contributed by atoms with Crippen LogP contribution in [0.4, 0.5) is 4.39 Å². The standard InChI is InChI=1S/C8H16FNO.ClH/c9-8(6-10)3-1-7(5-11)2-4-8;/h7,11H,1-6,10H2;1H. The number of aliphatic hydroxyl groups excluding tert-OH is 1. The molecule has 0 aliphatic heterocycles. The summed E-state index contributed by atoms with van der Waals surface area (Å²) < 4.78 is 13.4. The average molecular weight is 198 g/mol. The fourth-order valence-corrected chi connectivity index (χ4v) is 1.58. The van der Waals surface area contributed by atoms with Crippen molar-refractivity contribution in [2.75, 3.05) is 13.2 Å². The molecule has 1 aliphatic rings. The van der Waals surface area contributed by atoms with Crippen molar-refractivity contribution < 1.29 is 9.50 Å². The van der Waals surface area contributed by atoms with Crippen molar-refractivity contribution >= 4 is 12.4 Å². The van der Waals surface area contributed by atoms with E-state index in [2.05, 4.69) is 0 Å². The minimum atomic E-state index is -1.13. The van der Waals surface area contributed by atoms with Crippen molar-refractivity contribution in [3.63, 3.8) is 0 Å². The highest BCUT2D eigenvalue weighted by Gasteiger charge is 2.33. The molecule has 1 fully saturated rings. The van der Waals surface area contributed by atoms with Gasteiger partial charge in [0.1, 0.15) is 5.67 Å². The predicted molar refractivity (Wildman–Crippen MR) is 49.2 cm³/mol. The molecular weight excluding hydrogens is 181 g/mol. The van der Waals surface area contributed by atoms with Crippen molar-refractivity contribution in [2.24, 2.45) is 11.7 Å². The molecule has 0 heterocycles. The molecule has 0 radical (unpaired) electrons. The van der Waals surface area contributed by atoms with Crippen molar-refractivity contribution in [2.45, 2.75) is 31.4 Å². The van der Waals surface area contributed by atoms with Crippen LogP contribution in [0.5, 0.6) is 0 Å². The third kappa shape index (κ3) is 2.88. The molecule has 0 aromatic heterocycles. The molecular formula is C8H17ClFNO. The van der Waals surface area contributed by atoms with Crippen LogP contribution in [-0.4, -0.2) is 23.9 Å². The van der Waals surface area contributed by atoms with Gasteiger partial charge in [0.05, 0.1) is 0 Å². The number of rotatable bonds is 2. The second kappa shape index (κ2) is 5.00. The summed E-state index contributed by atoms with van der Waals surface area (Å²) in [6, 6.07) is 0. The number of halogens is 2. The number of alkyl halides is 1. The van der Waals surface area contributed by atoms with E-state index in [4.69, 9.17) is 10.8 Å². The van der Waals surface area contributed by atoms with Crippen LogP contribution in [0.25, 0.3) is 0 Å². The van der Waals surface area contributed by atoms with Gasteiger partial charge < -0.3 is 10.8 Å². The first-order valence-corrected chi connectivity index (χ1v) is 4.20. The summed E-state index contributed by atoms with van der Waals surface area (Å²) in [5.41, 5.74) is 4.15. The van der Waals surface area contributed by atoms with E-state index in [1.165, 1.54) is 0 Å². The van der Waals surface area contributed by atoms with Crippen molar-refractivity contribution in [3.05, 3.63) is 0 Å². The van der Waals surface area contributed by atoms with Gasteiger partial charge in [-0.05, 0) is 31.6 Å². The quantitative estimate of drug-likeness (QED) is 0.700. The minimum absolute atomic E-state index is 0. The van der Waals surface area contributed by atoms with Gasteiger partial charge in [0.15, 0.2) is 0 Å². The molecule has 0 amide bonds. The Morgan fingerprint density at radius 2 is 1.92 bits per heavy atom. The van der Waals surface area contributed by atoms with Gasteiger partial charge in [0, 0.05) is 13.2 Å². The Hall–Kier alpha value is 0.140. The van der Waals surface area contributed by atoms with E-state index in [0.29, 0.717) is 18.8 Å². The van der Waals surface area contributed by atoms with Gasteiger partial charge in [0.25, 0.3) is 0 Å². The number of nitrogens with two attached hydrogens (primary N) is 1. The third-order valence-corrected chi connectivity index (χ3v) is 2.63. The van der Waals surface area contributed by atoms with E-state index in [1.54, 1.807) is 0 Å².